The Morgan fingerprint density at radius 2 is 1.49 bits per heavy atom. The van der Waals surface area contributed by atoms with Gasteiger partial charge < -0.3 is 4.90 Å². The Hall–Kier alpha value is -3.49. The van der Waals surface area contributed by atoms with Crippen LogP contribution in [0.2, 0.25) is 0 Å². The van der Waals surface area contributed by atoms with Crippen molar-refractivity contribution in [2.24, 2.45) is 21.4 Å². The highest BCUT2D eigenvalue weighted by molar-refractivity contribution is 7.99. The Labute approximate surface area is 265 Å². The number of rotatable bonds is 5. The largest absolute Gasteiger partial charge is 0.301 e. The molecule has 43 heavy (non-hydrogen) atoms. The molecule has 1 spiro atoms. The molecule has 1 unspecified atom stereocenters. The summed E-state index contributed by atoms with van der Waals surface area (Å²) in [6, 6.07) is 39.3. The highest BCUT2D eigenvalue weighted by atomic mass is 32.2. The van der Waals surface area contributed by atoms with Crippen LogP contribution in [-0.4, -0.2) is 36.0 Å². The lowest BCUT2D eigenvalue weighted by atomic mass is 9.63. The molecule has 3 aliphatic heterocycles. The fourth-order valence-corrected chi connectivity index (χ4v) is 10.3. The van der Waals surface area contributed by atoms with E-state index in [0.29, 0.717) is 0 Å². The van der Waals surface area contributed by atoms with Crippen molar-refractivity contribution in [2.75, 3.05) is 24.6 Å². The first-order chi connectivity index (χ1) is 21.3. The van der Waals surface area contributed by atoms with Gasteiger partial charge in [0.05, 0.1) is 27.8 Å². The van der Waals surface area contributed by atoms with Gasteiger partial charge in [-0.15, -0.1) is 34.4 Å². The number of hydrazone groups is 1. The van der Waals surface area contributed by atoms with Crippen LogP contribution in [0.1, 0.15) is 33.5 Å². The van der Waals surface area contributed by atoms with E-state index in [1.54, 1.807) is 0 Å². The Morgan fingerprint density at radius 1 is 0.791 bits per heavy atom. The summed E-state index contributed by atoms with van der Waals surface area (Å²) in [6.45, 7) is 5.12. The maximum atomic E-state index is 5.76. The van der Waals surface area contributed by atoms with Gasteiger partial charge in [-0.25, -0.2) is 0 Å². The minimum Gasteiger partial charge on any atom is -0.301 e. The van der Waals surface area contributed by atoms with Crippen LogP contribution in [0.5, 0.6) is 0 Å². The molecule has 5 aromatic rings. The smallest absolute Gasteiger partial charge is 0.104 e. The number of hydrogen-bond acceptors (Lipinski definition) is 7. The molecule has 3 aromatic carbocycles. The number of benzene rings is 3. The van der Waals surface area contributed by atoms with Crippen molar-refractivity contribution in [3.63, 3.8) is 0 Å². The summed E-state index contributed by atoms with van der Waals surface area (Å²) in [6.07, 6.45) is 0. The quantitative estimate of drug-likeness (QED) is 0.197. The van der Waals surface area contributed by atoms with E-state index >= 15 is 0 Å². The van der Waals surface area contributed by atoms with Crippen LogP contribution >= 0.6 is 34.4 Å². The van der Waals surface area contributed by atoms with Gasteiger partial charge in [-0.05, 0) is 59.3 Å². The highest BCUT2D eigenvalue weighted by Gasteiger charge is 2.61. The van der Waals surface area contributed by atoms with Crippen LogP contribution < -0.4 is 5.01 Å². The number of para-hydroxylation sites is 2. The molecule has 214 valence electrons. The van der Waals surface area contributed by atoms with Crippen LogP contribution in [0, 0.1) is 11.3 Å². The third kappa shape index (κ3) is 4.52. The van der Waals surface area contributed by atoms with E-state index in [-0.39, 0.29) is 17.2 Å². The lowest BCUT2D eigenvalue weighted by molar-refractivity contribution is 0.181. The number of nitrogens with zero attached hydrogens (tertiary/aromatic N) is 4. The molecular formula is C36H32N4S3. The number of thiophene rings is 2. The number of thioether (sulfide) groups is 1. The maximum absolute atomic E-state index is 5.76. The number of fused-ring (bicyclic) bond motifs is 3. The van der Waals surface area contributed by atoms with Gasteiger partial charge in [0.15, 0.2) is 0 Å². The van der Waals surface area contributed by atoms with Gasteiger partial charge >= 0.3 is 0 Å². The summed E-state index contributed by atoms with van der Waals surface area (Å²) in [4.78, 5) is 12.4. The second kappa shape index (κ2) is 11.2. The zero-order valence-electron chi connectivity index (χ0n) is 23.9. The fourth-order valence-electron chi connectivity index (χ4n) is 7.09. The SMILES string of the molecule is CCN1C[C@H]2C(=Nc3ccccc3S[C@H]2c2cccs2)C2(C1)C(c1ccccc1)=NN(c1ccccc1)[C@@H]2c1cccs1. The zero-order valence-corrected chi connectivity index (χ0v) is 26.4. The van der Waals surface area contributed by atoms with Crippen LogP contribution in [0.4, 0.5) is 11.4 Å². The van der Waals surface area contributed by atoms with Crippen molar-refractivity contribution >= 4 is 57.2 Å². The summed E-state index contributed by atoms with van der Waals surface area (Å²) < 4.78 is 0. The number of hydrogen-bond donors (Lipinski definition) is 0. The number of anilines is 1. The Kier molecular flexibility index (Phi) is 7.06. The molecule has 1 saturated heterocycles. The molecule has 3 aliphatic rings. The molecule has 0 aliphatic carbocycles. The van der Waals surface area contributed by atoms with Crippen molar-refractivity contribution in [1.29, 1.82) is 0 Å². The average molecular weight is 617 g/mol. The van der Waals surface area contributed by atoms with Crippen LogP contribution in [0.15, 0.2) is 135 Å². The molecule has 1 fully saturated rings. The molecule has 2 aromatic heterocycles. The third-order valence-electron chi connectivity index (χ3n) is 8.95. The van der Waals surface area contributed by atoms with Crippen LogP contribution in [-0.2, 0) is 0 Å². The summed E-state index contributed by atoms with van der Waals surface area (Å²) in [7, 11) is 0. The summed E-state index contributed by atoms with van der Waals surface area (Å²) in [5, 5.41) is 12.6. The molecule has 0 radical (unpaired) electrons. The van der Waals surface area contributed by atoms with E-state index in [9.17, 15) is 0 Å². The van der Waals surface area contributed by atoms with Gasteiger partial charge in [0.25, 0.3) is 0 Å². The predicted molar refractivity (Wildman–Crippen MR) is 183 cm³/mol. The van der Waals surface area contributed by atoms with Gasteiger partial charge in [0.1, 0.15) is 6.04 Å². The maximum Gasteiger partial charge on any atom is 0.104 e. The normalized spacial score (nSPS) is 25.1. The Bertz CT molecular complexity index is 1770. The van der Waals surface area contributed by atoms with E-state index in [1.165, 1.54) is 25.9 Å². The van der Waals surface area contributed by atoms with Gasteiger partial charge in [-0.1, -0.05) is 79.7 Å². The second-order valence-electron chi connectivity index (χ2n) is 11.3. The summed E-state index contributed by atoms with van der Waals surface area (Å²) in [5.41, 5.74) is 5.27. The van der Waals surface area contributed by atoms with Crippen molar-refractivity contribution in [1.82, 2.24) is 4.90 Å². The van der Waals surface area contributed by atoms with Crippen LogP contribution in [0.25, 0.3) is 0 Å². The number of piperidine rings is 1. The average Bonchev–Trinajstić information content (AvgIpc) is 3.82. The molecule has 4 atom stereocenters. The molecule has 0 N–H and O–H groups in total. The van der Waals surface area contributed by atoms with Crippen molar-refractivity contribution in [3.05, 3.63) is 135 Å². The Morgan fingerprint density at radius 3 is 2.21 bits per heavy atom. The first-order valence-corrected chi connectivity index (χ1v) is 17.5. The molecule has 8 rings (SSSR count). The van der Waals surface area contributed by atoms with Gasteiger partial charge in [-0.2, -0.15) is 5.10 Å². The van der Waals surface area contributed by atoms with Crippen molar-refractivity contribution in [2.45, 2.75) is 23.1 Å². The molecule has 0 bridgehead atoms. The molecular weight excluding hydrogens is 585 g/mol. The molecule has 4 nitrogen and oxygen atoms in total. The standard InChI is InChI=1S/C36H32N4S3/c1-2-39-23-27-32(30-19-11-21-41-30)43-29-18-10-9-17-28(29)37-34(27)36(24-39)33(25-13-5-3-6-14-25)38-40(26-15-7-4-8-16-26)35(36)31-20-12-22-42-31/h3-22,27,32,35H,2,23-24H2,1H3/t27-,32-,35-,36?/m1/s1. The van der Waals surface area contributed by atoms with Gasteiger partial charge in [-0.3, -0.25) is 10.0 Å². The first-order valence-electron chi connectivity index (χ1n) is 14.9. The van der Waals surface area contributed by atoms with Gasteiger partial charge in [0, 0.05) is 39.4 Å². The lowest BCUT2D eigenvalue weighted by Crippen LogP contribution is -2.60. The Balaban J connectivity index is 1.45. The highest BCUT2D eigenvalue weighted by Crippen LogP contribution is 2.59. The zero-order chi connectivity index (χ0) is 28.8. The van der Waals surface area contributed by atoms with Crippen molar-refractivity contribution < 1.29 is 0 Å². The minimum atomic E-state index is -0.464. The van der Waals surface area contributed by atoms with Crippen molar-refractivity contribution in [3.8, 4) is 0 Å². The molecule has 5 heterocycles. The molecule has 0 amide bonds. The molecule has 7 heteroatoms. The summed E-state index contributed by atoms with van der Waals surface area (Å²) in [5.74, 6) is 0.219. The van der Waals surface area contributed by atoms with E-state index < -0.39 is 5.41 Å². The monoisotopic (exact) mass is 616 g/mol. The van der Waals surface area contributed by atoms with E-state index in [2.05, 4.69) is 137 Å². The minimum absolute atomic E-state index is 0.0278. The predicted octanol–water partition coefficient (Wildman–Crippen LogP) is 9.33. The van der Waals surface area contributed by atoms with E-state index in [1.807, 2.05) is 34.4 Å². The lowest BCUT2D eigenvalue weighted by Gasteiger charge is -2.50. The number of likely N-dealkylation sites (tertiary alicyclic amines) is 1. The topological polar surface area (TPSA) is 31.2 Å². The first kappa shape index (κ1) is 27.1. The van der Waals surface area contributed by atoms with Crippen LogP contribution in [0.3, 0.4) is 0 Å². The van der Waals surface area contributed by atoms with Gasteiger partial charge in [0.2, 0.25) is 0 Å². The third-order valence-corrected chi connectivity index (χ3v) is 12.4. The van der Waals surface area contributed by atoms with E-state index in [4.69, 9.17) is 10.1 Å². The fraction of sp³-hybridized carbons (Fsp3) is 0.222. The number of aliphatic imine (C=N–C) groups is 1. The van der Waals surface area contributed by atoms with E-state index in [0.717, 1.165) is 36.7 Å². The molecule has 0 saturated carbocycles. The second-order valence-corrected chi connectivity index (χ2v) is 14.5. The summed E-state index contributed by atoms with van der Waals surface area (Å²) >= 11 is 5.69.